The van der Waals surface area contributed by atoms with Gasteiger partial charge >= 0.3 is 5.97 Å². The molecule has 0 saturated heterocycles. The molecule has 0 radical (unpaired) electrons. The van der Waals surface area contributed by atoms with Crippen molar-refractivity contribution in [1.29, 1.82) is 0 Å². The third-order valence-corrected chi connectivity index (χ3v) is 7.07. The number of ether oxygens (including phenoxy) is 1. The lowest BCUT2D eigenvalue weighted by Gasteiger charge is -2.38. The van der Waals surface area contributed by atoms with Crippen LogP contribution in [0.15, 0.2) is 29.1 Å². The van der Waals surface area contributed by atoms with Gasteiger partial charge in [0.05, 0.1) is 35.1 Å². The highest BCUT2D eigenvalue weighted by Crippen LogP contribution is 2.42. The largest absolute Gasteiger partial charge is 0.508 e. The summed E-state index contributed by atoms with van der Waals surface area (Å²) in [7, 11) is 3.87. The predicted octanol–water partition coefficient (Wildman–Crippen LogP) is 2.28. The Balaban J connectivity index is 1.76. The Hall–Kier alpha value is -3.23. The summed E-state index contributed by atoms with van der Waals surface area (Å²) in [6.45, 7) is 4.17. The molecule has 8 nitrogen and oxygen atoms in total. The number of hydrogen-bond acceptors (Lipinski definition) is 7. The quantitative estimate of drug-likeness (QED) is 0.461. The topological polar surface area (TPSA) is 105 Å². The molecule has 2 aliphatic rings. The van der Waals surface area contributed by atoms with Gasteiger partial charge in [-0.05, 0) is 57.3 Å². The van der Waals surface area contributed by atoms with E-state index in [-0.39, 0.29) is 17.9 Å². The highest BCUT2D eigenvalue weighted by Gasteiger charge is 2.50. The van der Waals surface area contributed by atoms with Crippen LogP contribution in [0.1, 0.15) is 42.5 Å². The van der Waals surface area contributed by atoms with Crippen molar-refractivity contribution < 1.29 is 19.7 Å². The Kier molecular flexibility index (Phi) is 4.84. The van der Waals surface area contributed by atoms with E-state index in [0.717, 1.165) is 22.0 Å². The molecule has 2 atom stereocenters. The van der Waals surface area contributed by atoms with Crippen LogP contribution in [0.3, 0.4) is 0 Å². The molecule has 2 aliphatic heterocycles. The number of nitrogens with zero attached hydrogens (tertiary/aromatic N) is 3. The molecular formula is C25H27N3O5. The summed E-state index contributed by atoms with van der Waals surface area (Å²) in [4.78, 5) is 33.1. The summed E-state index contributed by atoms with van der Waals surface area (Å²) >= 11 is 0. The van der Waals surface area contributed by atoms with Crippen molar-refractivity contribution >= 4 is 16.9 Å². The van der Waals surface area contributed by atoms with Crippen molar-refractivity contribution in [3.63, 3.8) is 0 Å². The number of aromatic nitrogens is 2. The van der Waals surface area contributed by atoms with Gasteiger partial charge in [-0.1, -0.05) is 6.92 Å². The lowest BCUT2D eigenvalue weighted by Crippen LogP contribution is -2.51. The first-order chi connectivity index (χ1) is 15.7. The number of aliphatic hydroxyl groups is 1. The first-order valence-electron chi connectivity index (χ1n) is 11.1. The van der Waals surface area contributed by atoms with E-state index in [0.29, 0.717) is 42.0 Å². The van der Waals surface area contributed by atoms with Crippen molar-refractivity contribution in [2.45, 2.75) is 51.5 Å². The number of pyridine rings is 2. The highest BCUT2D eigenvalue weighted by molar-refractivity contribution is 5.90. The number of carbonyl (C=O) groups excluding carboxylic acids is 1. The minimum absolute atomic E-state index is 0.103. The fourth-order valence-electron chi connectivity index (χ4n) is 5.31. The van der Waals surface area contributed by atoms with Crippen LogP contribution < -0.4 is 5.56 Å². The minimum Gasteiger partial charge on any atom is -0.508 e. The van der Waals surface area contributed by atoms with E-state index < -0.39 is 17.5 Å². The molecule has 8 heteroatoms. The van der Waals surface area contributed by atoms with Crippen molar-refractivity contribution in [3.05, 3.63) is 56.9 Å². The fraction of sp³-hybridized carbons (Fsp3) is 0.400. The Labute approximate surface area is 191 Å². The van der Waals surface area contributed by atoms with Crippen molar-refractivity contribution in [2.75, 3.05) is 14.1 Å². The number of benzene rings is 1. The molecule has 4 heterocycles. The van der Waals surface area contributed by atoms with Gasteiger partial charge in [0.15, 0.2) is 0 Å². The second-order valence-electron chi connectivity index (χ2n) is 9.25. The molecule has 2 N–H and O–H groups in total. The Morgan fingerprint density at radius 3 is 2.70 bits per heavy atom. The highest BCUT2D eigenvalue weighted by atomic mass is 16.5. The van der Waals surface area contributed by atoms with Gasteiger partial charge in [-0.25, -0.2) is 4.98 Å². The predicted molar refractivity (Wildman–Crippen MR) is 123 cm³/mol. The van der Waals surface area contributed by atoms with E-state index in [9.17, 15) is 19.8 Å². The molecule has 0 fully saturated rings. The second-order valence-corrected chi connectivity index (χ2v) is 9.25. The molecule has 3 aromatic rings. The summed E-state index contributed by atoms with van der Waals surface area (Å²) in [6, 6.07) is 7.23. The summed E-state index contributed by atoms with van der Waals surface area (Å²) < 4.78 is 7.01. The van der Waals surface area contributed by atoms with E-state index in [1.807, 2.05) is 38.1 Å². The zero-order chi connectivity index (χ0) is 23.7. The van der Waals surface area contributed by atoms with Crippen LogP contribution in [0.2, 0.25) is 0 Å². The number of aliphatic hydroxyl groups excluding tert-OH is 1. The number of cyclic esters (lactones) is 1. The van der Waals surface area contributed by atoms with E-state index >= 15 is 0 Å². The molecule has 1 unspecified atom stereocenters. The lowest BCUT2D eigenvalue weighted by atomic mass is 9.71. The molecule has 0 bridgehead atoms. The number of phenolic OH excluding ortho intramolecular Hbond substituents is 1. The number of aromatic hydroxyl groups is 1. The third-order valence-electron chi connectivity index (χ3n) is 7.07. The van der Waals surface area contributed by atoms with Gasteiger partial charge in [0.1, 0.15) is 17.8 Å². The number of hydrogen-bond donors (Lipinski definition) is 2. The smallest absolute Gasteiger partial charge is 0.319 e. The van der Waals surface area contributed by atoms with Crippen molar-refractivity contribution in [1.82, 2.24) is 14.5 Å². The van der Waals surface area contributed by atoms with Crippen molar-refractivity contribution in [3.8, 4) is 17.1 Å². The maximum absolute atomic E-state index is 13.5. The molecule has 2 aromatic heterocycles. The Morgan fingerprint density at radius 2 is 2.03 bits per heavy atom. The number of esters is 1. The molecule has 0 aliphatic carbocycles. The first-order valence-corrected chi connectivity index (χ1v) is 11.1. The Morgan fingerprint density at radius 1 is 1.27 bits per heavy atom. The first kappa shape index (κ1) is 21.6. The third kappa shape index (κ3) is 2.94. The van der Waals surface area contributed by atoms with Gasteiger partial charge in [-0.15, -0.1) is 0 Å². The van der Waals surface area contributed by atoms with Crippen LogP contribution in [0.4, 0.5) is 0 Å². The molecule has 5 rings (SSSR count). The van der Waals surface area contributed by atoms with Crippen LogP contribution in [0, 0.1) is 0 Å². The van der Waals surface area contributed by atoms with E-state index in [2.05, 4.69) is 0 Å². The Bertz CT molecular complexity index is 1370. The fourth-order valence-corrected chi connectivity index (χ4v) is 5.31. The van der Waals surface area contributed by atoms with Crippen LogP contribution >= 0.6 is 0 Å². The lowest BCUT2D eigenvalue weighted by molar-refractivity contribution is -0.159. The molecule has 0 saturated carbocycles. The van der Waals surface area contributed by atoms with Crippen LogP contribution in [0.5, 0.6) is 5.75 Å². The van der Waals surface area contributed by atoms with E-state index in [4.69, 9.17) is 9.72 Å². The summed E-state index contributed by atoms with van der Waals surface area (Å²) in [5, 5.41) is 21.9. The van der Waals surface area contributed by atoms with Gasteiger partial charge in [0.2, 0.25) is 0 Å². The normalized spacial score (nSPS) is 19.9. The van der Waals surface area contributed by atoms with E-state index in [1.54, 1.807) is 23.6 Å². The zero-order valence-corrected chi connectivity index (χ0v) is 19.2. The number of rotatable bonds is 4. The zero-order valence-electron chi connectivity index (χ0n) is 19.2. The second kappa shape index (κ2) is 7.40. The standard InChI is InChI=1S/C25H27N3O5/c1-5-25(13(2)29)18-9-20-22-14(10-28(20)23(31)17(18)12-33-24(25)32)8-15-16(11-27(3)4)21(30)7-6-19(15)26-22/h6-9,13,29-30H,5,10-12H2,1-4H3/t13-,25?/m1/s1. The molecule has 1 aromatic carbocycles. The molecule has 172 valence electrons. The van der Waals surface area contributed by atoms with Gasteiger partial charge in [0, 0.05) is 23.1 Å². The average Bonchev–Trinajstić information content (AvgIpc) is 3.12. The molecule has 0 spiro atoms. The maximum atomic E-state index is 13.5. The van der Waals surface area contributed by atoms with Gasteiger partial charge in [-0.2, -0.15) is 0 Å². The SMILES string of the molecule is CCC1([C@@H](C)O)C(=O)OCc2c1cc1n(c2=O)Cc2cc3c(CN(C)C)c(O)ccc3nc2-1. The summed E-state index contributed by atoms with van der Waals surface area (Å²) in [5.41, 5.74) is 3.11. The van der Waals surface area contributed by atoms with Gasteiger partial charge < -0.3 is 24.4 Å². The van der Waals surface area contributed by atoms with Gasteiger partial charge in [0.25, 0.3) is 5.56 Å². The summed E-state index contributed by atoms with van der Waals surface area (Å²) in [5.74, 6) is -0.299. The minimum atomic E-state index is -1.29. The number of carbonyl (C=O) groups is 1. The van der Waals surface area contributed by atoms with E-state index in [1.165, 1.54) is 0 Å². The number of phenols is 1. The molecule has 33 heavy (non-hydrogen) atoms. The average molecular weight is 450 g/mol. The van der Waals surface area contributed by atoms with Crippen LogP contribution in [-0.2, 0) is 34.6 Å². The van der Waals surface area contributed by atoms with Crippen LogP contribution in [-0.4, -0.2) is 50.8 Å². The van der Waals surface area contributed by atoms with Crippen LogP contribution in [0.25, 0.3) is 22.3 Å². The monoisotopic (exact) mass is 449 g/mol. The van der Waals surface area contributed by atoms with Crippen molar-refractivity contribution in [2.24, 2.45) is 0 Å². The number of fused-ring (bicyclic) bond motifs is 5. The van der Waals surface area contributed by atoms with Gasteiger partial charge in [-0.3, -0.25) is 9.59 Å². The maximum Gasteiger partial charge on any atom is 0.319 e. The molecule has 0 amide bonds. The summed E-state index contributed by atoms with van der Waals surface area (Å²) in [6.07, 6.45) is -0.705. The molecular weight excluding hydrogens is 422 g/mol.